The SMILES string of the molecule is CC1(C(=O)O)CCC(C(=O)NC(Cc2ccc(NC(=O)c3cc(C(F)(F)F)ccc3Cl)cc2)C(=O)O)C1(C)C. The fourth-order valence-corrected chi connectivity index (χ4v) is 5.05. The van der Waals surface area contributed by atoms with Crippen LogP contribution in [-0.4, -0.2) is 40.0 Å². The van der Waals surface area contributed by atoms with Crippen molar-refractivity contribution in [2.75, 3.05) is 5.32 Å². The summed E-state index contributed by atoms with van der Waals surface area (Å²) in [5, 5.41) is 24.2. The Kier molecular flexibility index (Phi) is 8.35. The zero-order valence-electron chi connectivity index (χ0n) is 21.4. The maximum absolute atomic E-state index is 13.0. The molecule has 2 aromatic carbocycles. The summed E-state index contributed by atoms with van der Waals surface area (Å²) in [6.45, 7) is 4.96. The quantitative estimate of drug-likeness (QED) is 0.344. The molecule has 1 aliphatic carbocycles. The number of halogens is 4. The van der Waals surface area contributed by atoms with Crippen molar-refractivity contribution >= 4 is 41.0 Å². The van der Waals surface area contributed by atoms with Crippen molar-refractivity contribution in [1.82, 2.24) is 5.32 Å². The second-order valence-electron chi connectivity index (χ2n) is 10.4. The minimum atomic E-state index is -4.65. The molecule has 1 fully saturated rings. The molecule has 1 saturated carbocycles. The van der Waals surface area contributed by atoms with Gasteiger partial charge in [-0.1, -0.05) is 37.6 Å². The number of hydrogen-bond donors (Lipinski definition) is 4. The summed E-state index contributed by atoms with van der Waals surface area (Å²) in [5.74, 6) is -4.39. The molecule has 3 unspecified atom stereocenters. The summed E-state index contributed by atoms with van der Waals surface area (Å²) in [6, 6.07) is 6.99. The van der Waals surface area contributed by atoms with Gasteiger partial charge in [0.05, 0.1) is 21.6 Å². The van der Waals surface area contributed by atoms with Gasteiger partial charge in [-0.15, -0.1) is 0 Å². The first-order chi connectivity index (χ1) is 18.0. The number of carbonyl (C=O) groups excluding carboxylic acids is 2. The number of carbonyl (C=O) groups is 4. The highest BCUT2D eigenvalue weighted by Gasteiger charge is 2.58. The molecule has 3 atom stereocenters. The molecule has 39 heavy (non-hydrogen) atoms. The van der Waals surface area contributed by atoms with Gasteiger partial charge >= 0.3 is 18.1 Å². The van der Waals surface area contributed by atoms with Crippen LogP contribution in [0.4, 0.5) is 18.9 Å². The van der Waals surface area contributed by atoms with E-state index in [2.05, 4.69) is 10.6 Å². The van der Waals surface area contributed by atoms with E-state index >= 15 is 0 Å². The standard InChI is InChI=1S/C27H28ClF3N2O6/c1-25(2)18(10-11-26(25,3)24(38)39)22(35)33-20(23(36)37)12-14-4-7-16(8-5-14)32-21(34)17-13-15(27(29,30)31)6-9-19(17)28/h4-9,13,18,20H,10-12H2,1-3H3,(H,32,34)(H,33,35)(H,36,37)(H,38,39). The summed E-state index contributed by atoms with van der Waals surface area (Å²) < 4.78 is 39.0. The van der Waals surface area contributed by atoms with Gasteiger partial charge in [0.1, 0.15) is 6.04 Å². The van der Waals surface area contributed by atoms with Crippen molar-refractivity contribution in [1.29, 1.82) is 0 Å². The van der Waals surface area contributed by atoms with E-state index in [1.165, 1.54) is 24.3 Å². The fraction of sp³-hybridized carbons (Fsp3) is 0.407. The number of benzene rings is 2. The molecule has 1 aliphatic rings. The number of aliphatic carboxylic acids is 2. The van der Waals surface area contributed by atoms with Crippen LogP contribution >= 0.6 is 11.6 Å². The molecule has 0 spiro atoms. The number of hydrogen-bond acceptors (Lipinski definition) is 4. The number of carboxylic acid groups (broad SMARTS) is 2. The lowest BCUT2D eigenvalue weighted by molar-refractivity contribution is -0.155. The average Bonchev–Trinajstić information content (AvgIpc) is 3.08. The molecule has 0 aromatic heterocycles. The van der Waals surface area contributed by atoms with E-state index in [-0.39, 0.29) is 29.1 Å². The molecular weight excluding hydrogens is 541 g/mol. The normalized spacial score (nSPS) is 21.2. The lowest BCUT2D eigenvalue weighted by atomic mass is 9.65. The monoisotopic (exact) mass is 568 g/mol. The van der Waals surface area contributed by atoms with Gasteiger partial charge in [0.2, 0.25) is 5.91 Å². The van der Waals surface area contributed by atoms with Crippen molar-refractivity contribution < 1.29 is 42.6 Å². The second kappa shape index (κ2) is 10.9. The van der Waals surface area contributed by atoms with E-state index in [0.717, 1.165) is 12.1 Å². The zero-order chi connectivity index (χ0) is 29.3. The van der Waals surface area contributed by atoms with Crippen molar-refractivity contribution in [3.05, 3.63) is 64.2 Å². The Morgan fingerprint density at radius 1 is 1.05 bits per heavy atom. The average molecular weight is 569 g/mol. The molecule has 0 aliphatic heterocycles. The van der Waals surface area contributed by atoms with Crippen LogP contribution in [0.2, 0.25) is 5.02 Å². The van der Waals surface area contributed by atoms with E-state index in [1.807, 2.05) is 0 Å². The number of anilines is 1. The van der Waals surface area contributed by atoms with Gasteiger partial charge in [0.15, 0.2) is 0 Å². The third-order valence-corrected chi connectivity index (χ3v) is 8.15. The van der Waals surface area contributed by atoms with E-state index in [4.69, 9.17) is 11.6 Å². The van der Waals surface area contributed by atoms with Crippen molar-refractivity contribution in [3.63, 3.8) is 0 Å². The maximum Gasteiger partial charge on any atom is 0.416 e. The Balaban J connectivity index is 1.69. The Morgan fingerprint density at radius 2 is 1.67 bits per heavy atom. The van der Waals surface area contributed by atoms with Crippen LogP contribution in [0.25, 0.3) is 0 Å². The van der Waals surface area contributed by atoms with Crippen molar-refractivity contribution in [3.8, 4) is 0 Å². The van der Waals surface area contributed by atoms with Crippen molar-refractivity contribution in [2.45, 2.75) is 52.3 Å². The summed E-state index contributed by atoms with van der Waals surface area (Å²) in [4.78, 5) is 49.2. The molecule has 8 nitrogen and oxygen atoms in total. The molecule has 2 amide bonds. The molecular formula is C27H28ClF3N2O6. The van der Waals surface area contributed by atoms with Crippen LogP contribution in [0.15, 0.2) is 42.5 Å². The third-order valence-electron chi connectivity index (χ3n) is 7.82. The smallest absolute Gasteiger partial charge is 0.416 e. The zero-order valence-corrected chi connectivity index (χ0v) is 22.1. The van der Waals surface area contributed by atoms with Gasteiger partial charge in [-0.3, -0.25) is 14.4 Å². The van der Waals surface area contributed by atoms with E-state index < -0.39 is 58.3 Å². The molecule has 3 rings (SSSR count). The topological polar surface area (TPSA) is 133 Å². The predicted octanol–water partition coefficient (Wildman–Crippen LogP) is 5.25. The molecule has 0 heterocycles. The molecule has 210 valence electrons. The highest BCUT2D eigenvalue weighted by Crippen LogP contribution is 2.56. The number of rotatable bonds is 8. The van der Waals surface area contributed by atoms with Crippen LogP contribution in [0, 0.1) is 16.7 Å². The lowest BCUT2D eigenvalue weighted by Gasteiger charge is -2.38. The van der Waals surface area contributed by atoms with E-state index in [1.54, 1.807) is 20.8 Å². The van der Waals surface area contributed by atoms with E-state index in [9.17, 15) is 42.6 Å². The van der Waals surface area contributed by atoms with Gasteiger partial charge < -0.3 is 20.8 Å². The second-order valence-corrected chi connectivity index (χ2v) is 10.8. The molecule has 4 N–H and O–H groups in total. The number of carboxylic acids is 2. The van der Waals surface area contributed by atoms with Gasteiger partial charge in [0.25, 0.3) is 5.91 Å². The maximum atomic E-state index is 13.0. The van der Waals surface area contributed by atoms with Gasteiger partial charge in [-0.25, -0.2) is 4.79 Å². The highest BCUT2D eigenvalue weighted by molar-refractivity contribution is 6.34. The summed E-state index contributed by atoms with van der Waals surface area (Å²) in [7, 11) is 0. The first kappa shape index (κ1) is 29.9. The van der Waals surface area contributed by atoms with Gasteiger partial charge in [-0.2, -0.15) is 13.2 Å². The summed E-state index contributed by atoms with van der Waals surface area (Å²) >= 11 is 5.91. The fourth-order valence-electron chi connectivity index (χ4n) is 4.85. The Morgan fingerprint density at radius 3 is 2.18 bits per heavy atom. The molecule has 2 aromatic rings. The number of nitrogens with one attached hydrogen (secondary N) is 2. The van der Waals surface area contributed by atoms with Crippen molar-refractivity contribution in [2.24, 2.45) is 16.7 Å². The summed E-state index contributed by atoms with van der Waals surface area (Å²) in [5.41, 5.74) is -2.70. The van der Waals surface area contributed by atoms with Gasteiger partial charge in [0, 0.05) is 18.0 Å². The Labute approximate surface area is 227 Å². The molecule has 0 radical (unpaired) electrons. The molecule has 12 heteroatoms. The predicted molar refractivity (Wildman–Crippen MR) is 136 cm³/mol. The molecule has 0 saturated heterocycles. The Hall–Kier alpha value is -3.60. The van der Waals surface area contributed by atoms with Crippen LogP contribution in [-0.2, 0) is 27.0 Å². The number of amides is 2. The summed E-state index contributed by atoms with van der Waals surface area (Å²) in [6.07, 6.45) is -4.17. The minimum absolute atomic E-state index is 0.0991. The third kappa shape index (κ3) is 6.19. The van der Waals surface area contributed by atoms with Crippen LogP contribution < -0.4 is 10.6 Å². The first-order valence-corrected chi connectivity index (χ1v) is 12.4. The largest absolute Gasteiger partial charge is 0.481 e. The minimum Gasteiger partial charge on any atom is -0.481 e. The van der Waals surface area contributed by atoms with Gasteiger partial charge in [-0.05, 0) is 61.1 Å². The van der Waals surface area contributed by atoms with E-state index in [0.29, 0.717) is 18.1 Å². The Bertz CT molecular complexity index is 1300. The van der Waals surface area contributed by atoms with Crippen LogP contribution in [0.1, 0.15) is 55.1 Å². The number of alkyl halides is 3. The molecule has 0 bridgehead atoms. The van der Waals surface area contributed by atoms with Crippen LogP contribution in [0.3, 0.4) is 0 Å². The highest BCUT2D eigenvalue weighted by atomic mass is 35.5. The first-order valence-electron chi connectivity index (χ1n) is 12.0. The van der Waals surface area contributed by atoms with Crippen LogP contribution in [0.5, 0.6) is 0 Å². The lowest BCUT2D eigenvalue weighted by Crippen LogP contribution is -2.49.